The summed E-state index contributed by atoms with van der Waals surface area (Å²) < 4.78 is 0. The van der Waals surface area contributed by atoms with Crippen molar-refractivity contribution in [3.05, 3.63) is 35.9 Å². The number of hydrogen-bond donors (Lipinski definition) is 0. The van der Waals surface area contributed by atoms with Gasteiger partial charge in [-0.1, -0.05) is 46.3 Å². The van der Waals surface area contributed by atoms with Crippen molar-refractivity contribution in [3.63, 3.8) is 0 Å². The Labute approximate surface area is 111 Å². The second kappa shape index (κ2) is 6.20. The summed E-state index contributed by atoms with van der Waals surface area (Å²) in [5.41, 5.74) is 1.11. The van der Waals surface area contributed by atoms with Crippen LogP contribution in [0.25, 0.3) is 0 Å². The molecule has 3 heteroatoms. The fraction of sp³-hybridized carbons (Fsp3) is 0.500. The van der Waals surface area contributed by atoms with Crippen molar-refractivity contribution in [2.24, 2.45) is 5.92 Å². The van der Waals surface area contributed by atoms with Crippen LogP contribution in [0, 0.1) is 5.92 Å². The van der Waals surface area contributed by atoms with Gasteiger partial charge in [-0.25, -0.2) is 0 Å². The van der Waals surface area contributed by atoms with E-state index in [1.807, 2.05) is 35.2 Å². The number of halogens is 1. The molecule has 0 aromatic heterocycles. The van der Waals surface area contributed by atoms with Crippen LogP contribution in [-0.4, -0.2) is 29.2 Å². The molecule has 1 aromatic carbocycles. The van der Waals surface area contributed by atoms with Crippen LogP contribution in [0.4, 0.5) is 0 Å². The number of benzene rings is 1. The van der Waals surface area contributed by atoms with Crippen molar-refractivity contribution in [1.29, 1.82) is 0 Å². The lowest BCUT2D eigenvalue weighted by Crippen LogP contribution is -2.41. The van der Waals surface area contributed by atoms with Crippen molar-refractivity contribution in [1.82, 2.24) is 4.90 Å². The Morgan fingerprint density at radius 1 is 1.35 bits per heavy atom. The minimum absolute atomic E-state index is 0.266. The molecule has 1 saturated heterocycles. The quantitative estimate of drug-likeness (QED) is 0.785. The van der Waals surface area contributed by atoms with E-state index in [4.69, 9.17) is 0 Å². The van der Waals surface area contributed by atoms with Crippen LogP contribution in [0.5, 0.6) is 0 Å². The number of likely N-dealkylation sites (tertiary alicyclic amines) is 1. The van der Waals surface area contributed by atoms with E-state index in [1.54, 1.807) is 0 Å². The summed E-state index contributed by atoms with van der Waals surface area (Å²) in [4.78, 5) is 14.2. The Morgan fingerprint density at radius 2 is 2.12 bits per heavy atom. The van der Waals surface area contributed by atoms with Gasteiger partial charge in [-0.3, -0.25) is 4.79 Å². The second-order valence-corrected chi connectivity index (χ2v) is 5.31. The molecule has 0 spiro atoms. The maximum absolute atomic E-state index is 12.1. The molecule has 0 bridgehead atoms. The zero-order valence-corrected chi connectivity index (χ0v) is 11.5. The monoisotopic (exact) mass is 295 g/mol. The van der Waals surface area contributed by atoms with Crippen LogP contribution in [0.2, 0.25) is 0 Å². The minimum atomic E-state index is 0.266. The molecular weight excluding hydrogens is 278 g/mol. The third kappa shape index (κ3) is 3.56. The summed E-state index contributed by atoms with van der Waals surface area (Å²) in [5, 5.41) is 1.00. The molecule has 17 heavy (non-hydrogen) atoms. The minimum Gasteiger partial charge on any atom is -0.342 e. The van der Waals surface area contributed by atoms with Crippen molar-refractivity contribution >= 4 is 21.8 Å². The van der Waals surface area contributed by atoms with Crippen LogP contribution in [0.3, 0.4) is 0 Å². The van der Waals surface area contributed by atoms with Gasteiger partial charge in [0.1, 0.15) is 0 Å². The average Bonchev–Trinajstić information content (AvgIpc) is 2.40. The summed E-state index contributed by atoms with van der Waals surface area (Å²) in [6, 6.07) is 9.99. The van der Waals surface area contributed by atoms with Crippen molar-refractivity contribution in [2.45, 2.75) is 19.3 Å². The maximum atomic E-state index is 12.1. The molecule has 1 aromatic rings. The lowest BCUT2D eigenvalue weighted by atomic mass is 9.99. The summed E-state index contributed by atoms with van der Waals surface area (Å²) >= 11 is 3.52. The van der Waals surface area contributed by atoms with E-state index in [0.717, 1.165) is 30.4 Å². The molecule has 1 aliphatic rings. The zero-order chi connectivity index (χ0) is 12.1. The van der Waals surface area contributed by atoms with Crippen LogP contribution < -0.4 is 0 Å². The number of carbonyl (C=O) groups is 1. The molecule has 0 radical (unpaired) electrons. The first-order chi connectivity index (χ1) is 8.29. The first-order valence-corrected chi connectivity index (χ1v) is 7.29. The van der Waals surface area contributed by atoms with Crippen LogP contribution in [-0.2, 0) is 11.2 Å². The Morgan fingerprint density at radius 3 is 2.82 bits per heavy atom. The molecule has 0 aliphatic carbocycles. The van der Waals surface area contributed by atoms with Gasteiger partial charge < -0.3 is 4.90 Å². The zero-order valence-electron chi connectivity index (χ0n) is 9.94. The van der Waals surface area contributed by atoms with E-state index in [1.165, 1.54) is 6.42 Å². The van der Waals surface area contributed by atoms with Gasteiger partial charge in [-0.05, 0) is 24.3 Å². The lowest BCUT2D eigenvalue weighted by molar-refractivity contribution is -0.132. The fourth-order valence-electron chi connectivity index (χ4n) is 2.30. The summed E-state index contributed by atoms with van der Waals surface area (Å²) in [5.74, 6) is 0.894. The van der Waals surface area contributed by atoms with Gasteiger partial charge >= 0.3 is 0 Å². The van der Waals surface area contributed by atoms with E-state index >= 15 is 0 Å². The number of hydrogen-bond acceptors (Lipinski definition) is 1. The van der Waals surface area contributed by atoms with Crippen molar-refractivity contribution < 1.29 is 4.79 Å². The predicted molar refractivity (Wildman–Crippen MR) is 73.2 cm³/mol. The standard InChI is InChI=1S/C14H18BrNO/c15-10-13-7-4-8-16(11-13)14(17)9-12-5-2-1-3-6-12/h1-3,5-6,13H,4,7-11H2. The van der Waals surface area contributed by atoms with E-state index in [2.05, 4.69) is 15.9 Å². The molecule has 1 heterocycles. The van der Waals surface area contributed by atoms with Crippen molar-refractivity contribution in [3.8, 4) is 0 Å². The summed E-state index contributed by atoms with van der Waals surface area (Å²) in [7, 11) is 0. The first-order valence-electron chi connectivity index (χ1n) is 6.17. The molecule has 1 fully saturated rings. The van der Waals surface area contributed by atoms with Gasteiger partial charge in [0.15, 0.2) is 0 Å². The van der Waals surface area contributed by atoms with Gasteiger partial charge in [-0.15, -0.1) is 0 Å². The predicted octanol–water partition coefficient (Wildman–Crippen LogP) is 2.86. The summed E-state index contributed by atoms with van der Waals surface area (Å²) in [6.07, 6.45) is 2.91. The van der Waals surface area contributed by atoms with Gasteiger partial charge in [0.25, 0.3) is 0 Å². The van der Waals surface area contributed by atoms with E-state index in [9.17, 15) is 4.79 Å². The fourth-order valence-corrected chi connectivity index (χ4v) is 2.83. The highest BCUT2D eigenvalue weighted by atomic mass is 79.9. The third-order valence-corrected chi connectivity index (χ3v) is 4.20. The highest BCUT2D eigenvalue weighted by molar-refractivity contribution is 9.09. The average molecular weight is 296 g/mol. The molecule has 1 aliphatic heterocycles. The molecule has 0 N–H and O–H groups in total. The number of piperidine rings is 1. The third-order valence-electron chi connectivity index (χ3n) is 3.29. The Balaban J connectivity index is 1.91. The second-order valence-electron chi connectivity index (χ2n) is 4.66. The number of carbonyl (C=O) groups excluding carboxylic acids is 1. The highest BCUT2D eigenvalue weighted by Crippen LogP contribution is 2.19. The van der Waals surface area contributed by atoms with Gasteiger partial charge in [-0.2, -0.15) is 0 Å². The SMILES string of the molecule is O=C(Cc1ccccc1)N1CCCC(CBr)C1. The summed E-state index contributed by atoms with van der Waals surface area (Å²) in [6.45, 7) is 1.84. The molecule has 1 atom stereocenters. The molecule has 2 rings (SSSR count). The van der Waals surface area contributed by atoms with Crippen LogP contribution >= 0.6 is 15.9 Å². The van der Waals surface area contributed by atoms with Crippen LogP contribution in [0.15, 0.2) is 30.3 Å². The van der Waals surface area contributed by atoms with Gasteiger partial charge in [0, 0.05) is 18.4 Å². The number of amides is 1. The van der Waals surface area contributed by atoms with E-state index in [0.29, 0.717) is 12.3 Å². The molecule has 1 amide bonds. The van der Waals surface area contributed by atoms with Gasteiger partial charge in [0.05, 0.1) is 6.42 Å². The first kappa shape index (κ1) is 12.6. The molecular formula is C14H18BrNO. The maximum Gasteiger partial charge on any atom is 0.226 e. The molecule has 92 valence electrons. The smallest absolute Gasteiger partial charge is 0.226 e. The topological polar surface area (TPSA) is 20.3 Å². The van der Waals surface area contributed by atoms with E-state index < -0.39 is 0 Å². The van der Waals surface area contributed by atoms with Crippen molar-refractivity contribution in [2.75, 3.05) is 18.4 Å². The van der Waals surface area contributed by atoms with Crippen LogP contribution in [0.1, 0.15) is 18.4 Å². The normalized spacial score (nSPS) is 20.3. The molecule has 1 unspecified atom stereocenters. The number of rotatable bonds is 3. The Kier molecular flexibility index (Phi) is 4.60. The Hall–Kier alpha value is -0.830. The van der Waals surface area contributed by atoms with Gasteiger partial charge in [0.2, 0.25) is 5.91 Å². The highest BCUT2D eigenvalue weighted by Gasteiger charge is 2.22. The lowest BCUT2D eigenvalue weighted by Gasteiger charge is -2.32. The Bertz CT molecular complexity index is 366. The van der Waals surface area contributed by atoms with E-state index in [-0.39, 0.29) is 5.91 Å². The number of alkyl halides is 1. The largest absolute Gasteiger partial charge is 0.342 e. The number of nitrogens with zero attached hydrogens (tertiary/aromatic N) is 1. The molecule has 2 nitrogen and oxygen atoms in total. The molecule has 0 saturated carbocycles.